The summed E-state index contributed by atoms with van der Waals surface area (Å²) in [5.74, 6) is -1.79. The minimum atomic E-state index is -1.37. The maximum atomic E-state index is 13.9. The van der Waals surface area contributed by atoms with Crippen molar-refractivity contribution in [2.75, 3.05) is 0 Å². The number of carboxylic acid groups (broad SMARTS) is 1. The Bertz CT molecular complexity index is 688. The Morgan fingerprint density at radius 2 is 2.00 bits per heavy atom. The van der Waals surface area contributed by atoms with Gasteiger partial charge in [0, 0.05) is 5.39 Å². The summed E-state index contributed by atoms with van der Waals surface area (Å²) in [6, 6.07) is 4.09. The van der Waals surface area contributed by atoms with E-state index in [1.807, 2.05) is 13.8 Å². The summed E-state index contributed by atoms with van der Waals surface area (Å²) in [4.78, 5) is 24.7. The first-order valence-corrected chi connectivity index (χ1v) is 5.50. The number of hydrogen-bond acceptors (Lipinski definition) is 2. The average molecular weight is 249 g/mol. The van der Waals surface area contributed by atoms with E-state index in [9.17, 15) is 14.0 Å². The van der Waals surface area contributed by atoms with Crippen molar-refractivity contribution < 1.29 is 14.3 Å². The molecule has 0 amide bonds. The number of nitrogens with one attached hydrogen (secondary N) is 1. The van der Waals surface area contributed by atoms with Gasteiger partial charge >= 0.3 is 5.97 Å². The van der Waals surface area contributed by atoms with Gasteiger partial charge in [0.15, 0.2) is 0 Å². The number of benzene rings is 1. The molecule has 0 bridgehead atoms. The molecule has 0 aliphatic heterocycles. The fraction of sp³-hybridized carbons (Fsp3) is 0.231. The molecule has 1 aromatic carbocycles. The maximum absolute atomic E-state index is 13.9. The third kappa shape index (κ3) is 1.99. The van der Waals surface area contributed by atoms with Gasteiger partial charge in [0.1, 0.15) is 11.4 Å². The molecular formula is C13H12FNO3. The summed E-state index contributed by atoms with van der Waals surface area (Å²) in [5, 5.41) is 8.92. The molecule has 2 N–H and O–H groups in total. The van der Waals surface area contributed by atoms with Crippen molar-refractivity contribution in [1.29, 1.82) is 0 Å². The van der Waals surface area contributed by atoms with Crippen LogP contribution in [0.25, 0.3) is 10.9 Å². The van der Waals surface area contributed by atoms with Gasteiger partial charge in [-0.2, -0.15) is 0 Å². The van der Waals surface area contributed by atoms with Crippen LogP contribution in [0.4, 0.5) is 4.39 Å². The molecule has 0 aliphatic rings. The lowest BCUT2D eigenvalue weighted by Gasteiger charge is -2.08. The molecule has 0 saturated carbocycles. The van der Waals surface area contributed by atoms with Gasteiger partial charge in [0.25, 0.3) is 5.56 Å². The molecule has 4 nitrogen and oxygen atoms in total. The third-order valence-corrected chi connectivity index (χ3v) is 2.83. The number of carboxylic acids is 1. The highest BCUT2D eigenvalue weighted by atomic mass is 19.1. The topological polar surface area (TPSA) is 70.2 Å². The Hall–Kier alpha value is -2.17. The number of fused-ring (bicyclic) bond motifs is 1. The van der Waals surface area contributed by atoms with E-state index in [1.54, 1.807) is 6.07 Å². The minimum Gasteiger partial charge on any atom is -0.477 e. The first-order chi connectivity index (χ1) is 8.40. The molecule has 0 aliphatic carbocycles. The zero-order chi connectivity index (χ0) is 13.4. The number of aromatic amines is 1. The number of aromatic carboxylic acids is 1. The van der Waals surface area contributed by atoms with Crippen molar-refractivity contribution in [2.45, 2.75) is 19.8 Å². The number of hydrogen-bond donors (Lipinski definition) is 2. The molecule has 0 saturated heterocycles. The summed E-state index contributed by atoms with van der Waals surface area (Å²) in [6.07, 6.45) is 0. The van der Waals surface area contributed by atoms with Crippen LogP contribution in [0, 0.1) is 5.82 Å². The molecule has 1 heterocycles. The van der Waals surface area contributed by atoms with Crippen LogP contribution >= 0.6 is 0 Å². The summed E-state index contributed by atoms with van der Waals surface area (Å²) >= 11 is 0. The molecule has 0 radical (unpaired) electrons. The zero-order valence-corrected chi connectivity index (χ0v) is 9.95. The summed E-state index contributed by atoms with van der Waals surface area (Å²) < 4.78 is 13.9. The van der Waals surface area contributed by atoms with Gasteiger partial charge in [-0.3, -0.25) is 4.79 Å². The molecule has 2 aromatic rings. The van der Waals surface area contributed by atoms with E-state index < -0.39 is 22.9 Å². The number of pyridine rings is 1. The van der Waals surface area contributed by atoms with Crippen molar-refractivity contribution in [1.82, 2.24) is 4.98 Å². The van der Waals surface area contributed by atoms with Crippen molar-refractivity contribution >= 4 is 16.9 Å². The first kappa shape index (κ1) is 12.3. The van der Waals surface area contributed by atoms with Crippen molar-refractivity contribution in [3.05, 3.63) is 45.5 Å². The predicted molar refractivity (Wildman–Crippen MR) is 65.6 cm³/mol. The fourth-order valence-corrected chi connectivity index (χ4v) is 1.78. The average Bonchev–Trinajstić information content (AvgIpc) is 2.27. The van der Waals surface area contributed by atoms with E-state index in [0.717, 1.165) is 11.6 Å². The maximum Gasteiger partial charge on any atom is 0.341 e. The SMILES string of the molecule is CC(C)c1cc(F)c2cc(C(=O)O)c(=O)[nH]c2c1. The Kier molecular flexibility index (Phi) is 2.90. The van der Waals surface area contributed by atoms with Crippen molar-refractivity contribution in [2.24, 2.45) is 0 Å². The number of aromatic nitrogens is 1. The van der Waals surface area contributed by atoms with Crippen LogP contribution in [0.1, 0.15) is 35.7 Å². The van der Waals surface area contributed by atoms with Gasteiger partial charge in [0.05, 0.1) is 5.52 Å². The second-order valence-corrected chi connectivity index (χ2v) is 4.44. The highest BCUT2D eigenvalue weighted by Crippen LogP contribution is 2.22. The quantitative estimate of drug-likeness (QED) is 0.859. The van der Waals surface area contributed by atoms with Crippen molar-refractivity contribution in [3.8, 4) is 0 Å². The van der Waals surface area contributed by atoms with Gasteiger partial charge in [-0.05, 0) is 29.7 Å². The Balaban J connectivity index is 2.81. The van der Waals surface area contributed by atoms with E-state index in [2.05, 4.69) is 4.98 Å². The summed E-state index contributed by atoms with van der Waals surface area (Å²) in [7, 11) is 0. The van der Waals surface area contributed by atoms with Crippen LogP contribution in [0.15, 0.2) is 23.0 Å². The lowest BCUT2D eigenvalue weighted by atomic mass is 10.0. The molecule has 94 valence electrons. The number of carbonyl (C=O) groups is 1. The van der Waals surface area contributed by atoms with Gasteiger partial charge in [-0.1, -0.05) is 13.8 Å². The van der Waals surface area contributed by atoms with Gasteiger partial charge in [-0.25, -0.2) is 9.18 Å². The van der Waals surface area contributed by atoms with E-state index in [1.165, 1.54) is 6.07 Å². The Labute approximate surface area is 102 Å². The Morgan fingerprint density at radius 3 is 2.56 bits per heavy atom. The molecule has 0 spiro atoms. The summed E-state index contributed by atoms with van der Waals surface area (Å²) in [6.45, 7) is 3.81. The molecule has 2 rings (SSSR count). The van der Waals surface area contributed by atoms with Crippen LogP contribution in [-0.2, 0) is 0 Å². The third-order valence-electron chi connectivity index (χ3n) is 2.83. The smallest absolute Gasteiger partial charge is 0.341 e. The van der Waals surface area contributed by atoms with Gasteiger partial charge < -0.3 is 10.1 Å². The van der Waals surface area contributed by atoms with Gasteiger partial charge in [0.2, 0.25) is 0 Å². The van der Waals surface area contributed by atoms with Crippen LogP contribution < -0.4 is 5.56 Å². The lowest BCUT2D eigenvalue weighted by molar-refractivity contribution is 0.0695. The largest absolute Gasteiger partial charge is 0.477 e. The first-order valence-electron chi connectivity index (χ1n) is 5.50. The second kappa shape index (κ2) is 4.25. The molecule has 18 heavy (non-hydrogen) atoms. The summed E-state index contributed by atoms with van der Waals surface area (Å²) in [5.41, 5.74) is -0.124. The Morgan fingerprint density at radius 1 is 1.33 bits per heavy atom. The normalized spacial score (nSPS) is 11.1. The van der Waals surface area contributed by atoms with Gasteiger partial charge in [-0.15, -0.1) is 0 Å². The van der Waals surface area contributed by atoms with Crippen LogP contribution in [0.2, 0.25) is 0 Å². The monoisotopic (exact) mass is 249 g/mol. The molecule has 0 fully saturated rings. The van der Waals surface area contributed by atoms with E-state index in [4.69, 9.17) is 5.11 Å². The van der Waals surface area contributed by atoms with Crippen LogP contribution in [-0.4, -0.2) is 16.1 Å². The number of halogens is 1. The van der Waals surface area contributed by atoms with E-state index in [0.29, 0.717) is 5.52 Å². The molecule has 5 heteroatoms. The molecule has 1 aromatic heterocycles. The van der Waals surface area contributed by atoms with Crippen molar-refractivity contribution in [3.63, 3.8) is 0 Å². The number of H-pyrrole nitrogens is 1. The highest BCUT2D eigenvalue weighted by molar-refractivity contribution is 5.92. The van der Waals surface area contributed by atoms with Crippen LogP contribution in [0.3, 0.4) is 0 Å². The minimum absolute atomic E-state index is 0.108. The predicted octanol–water partition coefficient (Wildman–Crippen LogP) is 2.49. The molecule has 0 atom stereocenters. The number of rotatable bonds is 2. The second-order valence-electron chi connectivity index (χ2n) is 4.44. The van der Waals surface area contributed by atoms with E-state index >= 15 is 0 Å². The highest BCUT2D eigenvalue weighted by Gasteiger charge is 2.13. The fourth-order valence-electron chi connectivity index (χ4n) is 1.78. The molecule has 0 unspecified atom stereocenters. The van der Waals surface area contributed by atoms with E-state index in [-0.39, 0.29) is 11.3 Å². The lowest BCUT2D eigenvalue weighted by Crippen LogP contribution is -2.17. The standard InChI is InChI=1S/C13H12FNO3/c1-6(2)7-3-10(14)8-5-9(13(17)18)12(16)15-11(8)4-7/h3-6H,1-2H3,(H,15,16)(H,17,18). The van der Waals surface area contributed by atoms with Crippen LogP contribution in [0.5, 0.6) is 0 Å². The molecular weight excluding hydrogens is 237 g/mol. The zero-order valence-electron chi connectivity index (χ0n) is 9.95.